The van der Waals surface area contributed by atoms with Crippen LogP contribution >= 0.6 is 27.3 Å². The first-order chi connectivity index (χ1) is 8.04. The maximum absolute atomic E-state index is 5.77. The van der Waals surface area contributed by atoms with Gasteiger partial charge in [-0.15, -0.1) is 11.3 Å². The van der Waals surface area contributed by atoms with E-state index in [1.54, 1.807) is 11.3 Å². The molecule has 0 radical (unpaired) electrons. The van der Waals surface area contributed by atoms with Crippen LogP contribution in [0, 0.1) is 0 Å². The van der Waals surface area contributed by atoms with Gasteiger partial charge >= 0.3 is 0 Å². The van der Waals surface area contributed by atoms with Crippen LogP contribution in [-0.4, -0.2) is 11.5 Å². The van der Waals surface area contributed by atoms with E-state index in [-0.39, 0.29) is 5.41 Å². The molecule has 1 heterocycles. The lowest BCUT2D eigenvalue weighted by molar-refractivity contribution is 0.536. The highest BCUT2D eigenvalue weighted by Crippen LogP contribution is 2.32. The molecule has 17 heavy (non-hydrogen) atoms. The van der Waals surface area contributed by atoms with E-state index in [0.717, 1.165) is 20.7 Å². The van der Waals surface area contributed by atoms with Crippen molar-refractivity contribution < 1.29 is 0 Å². The second kappa shape index (κ2) is 4.88. The normalized spacial score (nSPS) is 11.8. The van der Waals surface area contributed by atoms with Crippen molar-refractivity contribution >= 4 is 27.3 Å². The molecule has 0 saturated carbocycles. The molecule has 0 aliphatic rings. The highest BCUT2D eigenvalue weighted by Gasteiger charge is 2.22. The van der Waals surface area contributed by atoms with Crippen LogP contribution in [0.4, 0.5) is 0 Å². The van der Waals surface area contributed by atoms with Gasteiger partial charge in [-0.2, -0.15) is 0 Å². The van der Waals surface area contributed by atoms with Gasteiger partial charge in [0.05, 0.1) is 5.69 Å². The molecule has 4 heteroatoms. The largest absolute Gasteiger partial charge is 0.330 e. The zero-order valence-electron chi connectivity index (χ0n) is 9.90. The monoisotopic (exact) mass is 310 g/mol. The molecule has 2 nitrogen and oxygen atoms in total. The summed E-state index contributed by atoms with van der Waals surface area (Å²) < 4.78 is 1.07. The van der Waals surface area contributed by atoms with E-state index < -0.39 is 0 Å². The highest BCUT2D eigenvalue weighted by molar-refractivity contribution is 9.10. The fraction of sp³-hybridized carbons (Fsp3) is 0.308. The molecule has 0 unspecified atom stereocenters. The van der Waals surface area contributed by atoms with Crippen LogP contribution in [0.3, 0.4) is 0 Å². The molecule has 1 aromatic carbocycles. The van der Waals surface area contributed by atoms with Gasteiger partial charge in [0.25, 0.3) is 0 Å². The standard InChI is InChI=1S/C13H15BrN2S/c1-13(2,8-15)12-16-11(7-17-12)9-5-3-4-6-10(9)14/h3-7H,8,15H2,1-2H3. The molecule has 1 aromatic heterocycles. The fourth-order valence-corrected chi connectivity index (χ4v) is 2.91. The van der Waals surface area contributed by atoms with Gasteiger partial charge in [0.15, 0.2) is 0 Å². The van der Waals surface area contributed by atoms with Crippen molar-refractivity contribution in [3.63, 3.8) is 0 Å². The average Bonchev–Trinajstić information content (AvgIpc) is 2.79. The maximum atomic E-state index is 5.77. The van der Waals surface area contributed by atoms with E-state index in [1.165, 1.54) is 0 Å². The first kappa shape index (κ1) is 12.7. The molecule has 2 N–H and O–H groups in total. The lowest BCUT2D eigenvalue weighted by atomic mass is 9.95. The minimum absolute atomic E-state index is 0.0514. The zero-order valence-corrected chi connectivity index (χ0v) is 12.3. The summed E-state index contributed by atoms with van der Waals surface area (Å²) in [6.45, 7) is 4.85. The predicted molar refractivity (Wildman–Crippen MR) is 77.3 cm³/mol. The lowest BCUT2D eigenvalue weighted by Crippen LogP contribution is -2.27. The molecule has 0 aliphatic heterocycles. The summed E-state index contributed by atoms with van der Waals surface area (Å²) in [5.41, 5.74) is 7.86. The third kappa shape index (κ3) is 2.59. The minimum atomic E-state index is -0.0514. The van der Waals surface area contributed by atoms with Crippen LogP contribution in [0.2, 0.25) is 0 Å². The minimum Gasteiger partial charge on any atom is -0.330 e. The topological polar surface area (TPSA) is 38.9 Å². The van der Waals surface area contributed by atoms with Crippen LogP contribution in [0.25, 0.3) is 11.3 Å². The zero-order chi connectivity index (χ0) is 12.5. The van der Waals surface area contributed by atoms with Gasteiger partial charge in [0.1, 0.15) is 5.01 Å². The van der Waals surface area contributed by atoms with Crippen LogP contribution in [-0.2, 0) is 5.41 Å². The summed E-state index contributed by atoms with van der Waals surface area (Å²) in [5.74, 6) is 0. The molecule has 2 aromatic rings. The summed E-state index contributed by atoms with van der Waals surface area (Å²) >= 11 is 5.22. The first-order valence-corrected chi connectivity index (χ1v) is 7.13. The quantitative estimate of drug-likeness (QED) is 0.936. The Bertz CT molecular complexity index is 520. The number of thiazole rings is 1. The van der Waals surface area contributed by atoms with Gasteiger partial charge in [-0.1, -0.05) is 48.0 Å². The number of aromatic nitrogens is 1. The number of benzene rings is 1. The Morgan fingerprint density at radius 2 is 2.06 bits per heavy atom. The van der Waals surface area contributed by atoms with Gasteiger partial charge in [-0.3, -0.25) is 0 Å². The van der Waals surface area contributed by atoms with Crippen molar-refractivity contribution in [1.82, 2.24) is 4.98 Å². The van der Waals surface area contributed by atoms with Gasteiger partial charge < -0.3 is 5.73 Å². The number of hydrogen-bond acceptors (Lipinski definition) is 3. The van der Waals surface area contributed by atoms with E-state index in [9.17, 15) is 0 Å². The SMILES string of the molecule is CC(C)(CN)c1nc(-c2ccccc2Br)cs1. The molecule has 0 aliphatic carbocycles. The number of rotatable bonds is 3. The lowest BCUT2D eigenvalue weighted by Gasteiger charge is -2.18. The molecule has 0 atom stereocenters. The molecule has 0 saturated heterocycles. The third-order valence-electron chi connectivity index (χ3n) is 2.74. The highest BCUT2D eigenvalue weighted by atomic mass is 79.9. The number of nitrogens with two attached hydrogens (primary N) is 1. The molecule has 0 amide bonds. The summed E-state index contributed by atoms with van der Waals surface area (Å²) in [6.07, 6.45) is 0. The second-order valence-electron chi connectivity index (χ2n) is 4.61. The van der Waals surface area contributed by atoms with Crippen molar-refractivity contribution in [2.24, 2.45) is 5.73 Å². The Morgan fingerprint density at radius 1 is 1.35 bits per heavy atom. The number of hydrogen-bond donors (Lipinski definition) is 1. The summed E-state index contributed by atoms with van der Waals surface area (Å²) in [7, 11) is 0. The van der Waals surface area contributed by atoms with E-state index in [2.05, 4.69) is 41.2 Å². The van der Waals surface area contributed by atoms with Crippen molar-refractivity contribution in [3.8, 4) is 11.3 Å². The maximum Gasteiger partial charge on any atom is 0.100 e. The van der Waals surface area contributed by atoms with Crippen molar-refractivity contribution in [2.75, 3.05) is 6.54 Å². The third-order valence-corrected chi connectivity index (χ3v) is 4.64. The summed E-state index contributed by atoms with van der Waals surface area (Å²) in [6, 6.07) is 8.12. The van der Waals surface area contributed by atoms with Crippen molar-refractivity contribution in [1.29, 1.82) is 0 Å². The second-order valence-corrected chi connectivity index (χ2v) is 6.32. The molecule has 0 bridgehead atoms. The molecule has 0 fully saturated rings. The predicted octanol–water partition coefficient (Wildman–Crippen LogP) is 3.81. The van der Waals surface area contributed by atoms with Gasteiger partial charge in [0.2, 0.25) is 0 Å². The Kier molecular flexibility index (Phi) is 3.66. The average molecular weight is 311 g/mol. The molecule has 90 valence electrons. The van der Waals surface area contributed by atoms with Crippen molar-refractivity contribution in [2.45, 2.75) is 19.3 Å². The van der Waals surface area contributed by atoms with Crippen LogP contribution in [0.5, 0.6) is 0 Å². The fourth-order valence-electron chi connectivity index (χ4n) is 1.46. The molecule has 2 rings (SSSR count). The van der Waals surface area contributed by atoms with Crippen LogP contribution in [0.1, 0.15) is 18.9 Å². The molecule has 0 spiro atoms. The number of halogens is 1. The van der Waals surface area contributed by atoms with E-state index in [4.69, 9.17) is 10.7 Å². The van der Waals surface area contributed by atoms with Crippen LogP contribution < -0.4 is 5.73 Å². The Labute approximate surface area is 114 Å². The smallest absolute Gasteiger partial charge is 0.100 e. The molecular weight excluding hydrogens is 296 g/mol. The Morgan fingerprint density at radius 3 is 2.71 bits per heavy atom. The van der Waals surface area contributed by atoms with E-state index in [0.29, 0.717) is 6.54 Å². The first-order valence-electron chi connectivity index (χ1n) is 5.45. The Hall–Kier alpha value is -0.710. The Balaban J connectivity index is 2.40. The molecular formula is C13H15BrN2S. The van der Waals surface area contributed by atoms with Crippen LogP contribution in [0.15, 0.2) is 34.1 Å². The van der Waals surface area contributed by atoms with Gasteiger partial charge in [0, 0.05) is 27.4 Å². The van der Waals surface area contributed by atoms with E-state index in [1.807, 2.05) is 18.2 Å². The van der Waals surface area contributed by atoms with E-state index >= 15 is 0 Å². The van der Waals surface area contributed by atoms with Gasteiger partial charge in [-0.05, 0) is 6.07 Å². The van der Waals surface area contributed by atoms with Gasteiger partial charge in [-0.25, -0.2) is 4.98 Å². The number of nitrogens with zero attached hydrogens (tertiary/aromatic N) is 1. The summed E-state index contributed by atoms with van der Waals surface area (Å²) in [4.78, 5) is 4.69. The summed E-state index contributed by atoms with van der Waals surface area (Å²) in [5, 5.41) is 3.18. The van der Waals surface area contributed by atoms with Crippen molar-refractivity contribution in [3.05, 3.63) is 39.1 Å².